The second-order valence-corrected chi connectivity index (χ2v) is 5.61. The largest absolute Gasteiger partial charge is 0.494 e. The average molecular weight is 346 g/mol. The quantitative estimate of drug-likeness (QED) is 0.924. The second-order valence-electron chi connectivity index (χ2n) is 5.61. The molecule has 5 nitrogen and oxygen atoms in total. The van der Waals surface area contributed by atoms with Crippen LogP contribution in [0.4, 0.5) is 20.2 Å². The van der Waals surface area contributed by atoms with Gasteiger partial charge in [0.05, 0.1) is 18.4 Å². The molecule has 0 aliphatic carbocycles. The smallest absolute Gasteiger partial charge is 0.258 e. The molecular formula is C18H16F2N2O3. The molecule has 1 N–H and O–H groups in total. The van der Waals surface area contributed by atoms with Crippen LogP contribution in [0.2, 0.25) is 0 Å². The zero-order chi connectivity index (χ0) is 18.0. The summed E-state index contributed by atoms with van der Waals surface area (Å²) in [6, 6.07) is 7.56. The predicted molar refractivity (Wildman–Crippen MR) is 88.9 cm³/mol. The standard InChI is InChI=1S/C18H16F2N2O3/c1-25-16-10-12(5-7-15(16)22-8-2-3-17(22)23)21-18(24)13-6-4-11(19)9-14(13)20/h4-7,9-10H,2-3,8H2,1H3,(H,21,24). The minimum Gasteiger partial charge on any atom is -0.494 e. The van der Waals surface area contributed by atoms with Crippen molar-refractivity contribution in [3.63, 3.8) is 0 Å². The van der Waals surface area contributed by atoms with E-state index in [0.717, 1.165) is 18.6 Å². The molecule has 0 bridgehead atoms. The molecule has 0 unspecified atom stereocenters. The van der Waals surface area contributed by atoms with E-state index >= 15 is 0 Å². The maximum atomic E-state index is 13.7. The number of carbonyl (C=O) groups excluding carboxylic acids is 2. The summed E-state index contributed by atoms with van der Waals surface area (Å²) in [5.41, 5.74) is 0.732. The van der Waals surface area contributed by atoms with E-state index in [1.165, 1.54) is 7.11 Å². The van der Waals surface area contributed by atoms with Gasteiger partial charge in [-0.1, -0.05) is 0 Å². The number of benzene rings is 2. The van der Waals surface area contributed by atoms with Crippen LogP contribution in [0.25, 0.3) is 0 Å². The van der Waals surface area contributed by atoms with Gasteiger partial charge < -0.3 is 15.0 Å². The van der Waals surface area contributed by atoms with E-state index in [0.29, 0.717) is 36.2 Å². The predicted octanol–water partition coefficient (Wildman–Crippen LogP) is 3.35. The Hall–Kier alpha value is -2.96. The molecule has 0 aromatic heterocycles. The zero-order valence-corrected chi connectivity index (χ0v) is 13.5. The fourth-order valence-electron chi connectivity index (χ4n) is 2.75. The zero-order valence-electron chi connectivity index (χ0n) is 13.5. The Balaban J connectivity index is 1.83. The molecular weight excluding hydrogens is 330 g/mol. The van der Waals surface area contributed by atoms with Crippen molar-refractivity contribution in [3.05, 3.63) is 53.6 Å². The SMILES string of the molecule is COc1cc(NC(=O)c2ccc(F)cc2F)ccc1N1CCCC1=O. The highest BCUT2D eigenvalue weighted by molar-refractivity contribution is 6.05. The number of rotatable bonds is 4. The third-order valence-corrected chi connectivity index (χ3v) is 3.98. The monoisotopic (exact) mass is 346 g/mol. The van der Waals surface area contributed by atoms with E-state index < -0.39 is 17.5 Å². The van der Waals surface area contributed by atoms with E-state index in [2.05, 4.69) is 5.32 Å². The van der Waals surface area contributed by atoms with Crippen LogP contribution in [-0.2, 0) is 4.79 Å². The van der Waals surface area contributed by atoms with Gasteiger partial charge in [-0.2, -0.15) is 0 Å². The van der Waals surface area contributed by atoms with Crippen LogP contribution >= 0.6 is 0 Å². The molecule has 0 spiro atoms. The van der Waals surface area contributed by atoms with Gasteiger partial charge in [0, 0.05) is 30.8 Å². The number of carbonyl (C=O) groups is 2. The fourth-order valence-corrected chi connectivity index (χ4v) is 2.75. The first-order chi connectivity index (χ1) is 12.0. The maximum Gasteiger partial charge on any atom is 0.258 e. The number of hydrogen-bond acceptors (Lipinski definition) is 3. The molecule has 2 aromatic carbocycles. The van der Waals surface area contributed by atoms with Crippen LogP contribution in [0.15, 0.2) is 36.4 Å². The molecule has 1 fully saturated rings. The number of amides is 2. The minimum atomic E-state index is -0.941. The second kappa shape index (κ2) is 6.88. The number of ether oxygens (including phenoxy) is 1. The number of halogens is 2. The number of methoxy groups -OCH3 is 1. The van der Waals surface area contributed by atoms with Gasteiger partial charge in [0.1, 0.15) is 17.4 Å². The highest BCUT2D eigenvalue weighted by Crippen LogP contribution is 2.34. The lowest BCUT2D eigenvalue weighted by molar-refractivity contribution is -0.117. The van der Waals surface area contributed by atoms with Crippen LogP contribution in [0.1, 0.15) is 23.2 Å². The third-order valence-electron chi connectivity index (χ3n) is 3.98. The Morgan fingerprint density at radius 3 is 2.64 bits per heavy atom. The van der Waals surface area contributed by atoms with Gasteiger partial charge in [-0.05, 0) is 30.7 Å². The first-order valence-corrected chi connectivity index (χ1v) is 7.74. The maximum absolute atomic E-state index is 13.7. The molecule has 7 heteroatoms. The van der Waals surface area contributed by atoms with Gasteiger partial charge in [-0.25, -0.2) is 8.78 Å². The molecule has 0 saturated carbocycles. The number of nitrogens with one attached hydrogen (secondary N) is 1. The van der Waals surface area contributed by atoms with Crippen LogP contribution < -0.4 is 15.0 Å². The highest BCUT2D eigenvalue weighted by atomic mass is 19.1. The van der Waals surface area contributed by atoms with E-state index in [1.54, 1.807) is 23.1 Å². The molecule has 0 radical (unpaired) electrons. The van der Waals surface area contributed by atoms with Gasteiger partial charge in [0.2, 0.25) is 5.91 Å². The number of nitrogens with zero attached hydrogens (tertiary/aromatic N) is 1. The van der Waals surface area contributed by atoms with Crippen LogP contribution in [-0.4, -0.2) is 25.5 Å². The molecule has 1 aliphatic heterocycles. The molecule has 0 atom stereocenters. The van der Waals surface area contributed by atoms with Crippen LogP contribution in [0, 0.1) is 11.6 Å². The molecule has 130 valence electrons. The molecule has 3 rings (SSSR count). The van der Waals surface area contributed by atoms with E-state index in [4.69, 9.17) is 4.74 Å². The number of hydrogen-bond donors (Lipinski definition) is 1. The molecule has 1 aliphatic rings. The summed E-state index contributed by atoms with van der Waals surface area (Å²) in [5.74, 6) is -1.96. The summed E-state index contributed by atoms with van der Waals surface area (Å²) in [4.78, 5) is 25.7. The third kappa shape index (κ3) is 3.45. The summed E-state index contributed by atoms with van der Waals surface area (Å²) in [7, 11) is 1.46. The molecule has 2 aromatic rings. The summed E-state index contributed by atoms with van der Waals surface area (Å²) in [5, 5.41) is 2.54. The van der Waals surface area contributed by atoms with Gasteiger partial charge in [0.15, 0.2) is 0 Å². The Labute approximate surface area is 143 Å². The van der Waals surface area contributed by atoms with Gasteiger partial charge in [-0.15, -0.1) is 0 Å². The van der Waals surface area contributed by atoms with Gasteiger partial charge in [0.25, 0.3) is 5.91 Å². The van der Waals surface area contributed by atoms with Crippen molar-refractivity contribution >= 4 is 23.2 Å². The van der Waals surface area contributed by atoms with Crippen molar-refractivity contribution in [2.75, 3.05) is 23.9 Å². The van der Waals surface area contributed by atoms with Crippen molar-refractivity contribution in [3.8, 4) is 5.75 Å². The summed E-state index contributed by atoms with van der Waals surface area (Å²) >= 11 is 0. The first-order valence-electron chi connectivity index (χ1n) is 7.74. The van der Waals surface area contributed by atoms with Crippen molar-refractivity contribution < 1.29 is 23.1 Å². The molecule has 1 saturated heterocycles. The molecule has 2 amide bonds. The lowest BCUT2D eigenvalue weighted by Gasteiger charge is -2.19. The molecule has 25 heavy (non-hydrogen) atoms. The van der Waals surface area contributed by atoms with Crippen LogP contribution in [0.3, 0.4) is 0 Å². The van der Waals surface area contributed by atoms with E-state index in [1.807, 2.05) is 0 Å². The van der Waals surface area contributed by atoms with Gasteiger partial charge >= 0.3 is 0 Å². The Bertz CT molecular complexity index is 839. The molecule has 1 heterocycles. The van der Waals surface area contributed by atoms with Crippen LogP contribution in [0.5, 0.6) is 5.75 Å². The summed E-state index contributed by atoms with van der Waals surface area (Å²) in [6.45, 7) is 0.613. The van der Waals surface area contributed by atoms with Crippen molar-refractivity contribution in [1.29, 1.82) is 0 Å². The fraction of sp³-hybridized carbons (Fsp3) is 0.222. The summed E-state index contributed by atoms with van der Waals surface area (Å²) in [6.07, 6.45) is 1.27. The Morgan fingerprint density at radius 2 is 2.00 bits per heavy atom. The van der Waals surface area contributed by atoms with Crippen molar-refractivity contribution in [2.24, 2.45) is 0 Å². The lowest BCUT2D eigenvalue weighted by atomic mass is 10.1. The Morgan fingerprint density at radius 1 is 1.20 bits per heavy atom. The van der Waals surface area contributed by atoms with E-state index in [-0.39, 0.29) is 11.5 Å². The van der Waals surface area contributed by atoms with E-state index in [9.17, 15) is 18.4 Å². The van der Waals surface area contributed by atoms with Crippen molar-refractivity contribution in [2.45, 2.75) is 12.8 Å². The minimum absolute atomic E-state index is 0.0171. The average Bonchev–Trinajstić information content (AvgIpc) is 3.00. The topological polar surface area (TPSA) is 58.6 Å². The number of anilines is 2. The van der Waals surface area contributed by atoms with Gasteiger partial charge in [-0.3, -0.25) is 9.59 Å². The lowest BCUT2D eigenvalue weighted by Crippen LogP contribution is -2.24. The first kappa shape index (κ1) is 16.9. The highest BCUT2D eigenvalue weighted by Gasteiger charge is 2.24. The Kier molecular flexibility index (Phi) is 4.65. The summed E-state index contributed by atoms with van der Waals surface area (Å²) < 4.78 is 31.9. The van der Waals surface area contributed by atoms with Crippen molar-refractivity contribution in [1.82, 2.24) is 0 Å². The normalized spacial score (nSPS) is 13.9.